The lowest BCUT2D eigenvalue weighted by molar-refractivity contribution is 0.0866. The standard InChI is InChI=1S/C17H24N2O3/c1-22-11-13-4-2-3-5-16(13)18-17(21)19-9-12-6-7-15(20)8-14(12)10-19/h2-5,12,14-15,20H,6-11H2,1H3,(H,18,21)/t12-,14+,15-/m0/s1. The lowest BCUT2D eigenvalue weighted by atomic mass is 9.80. The van der Waals surface area contributed by atoms with Crippen molar-refractivity contribution in [2.24, 2.45) is 11.8 Å². The Morgan fingerprint density at radius 2 is 2.09 bits per heavy atom. The molecule has 2 fully saturated rings. The largest absolute Gasteiger partial charge is 0.393 e. The molecule has 0 unspecified atom stereocenters. The van der Waals surface area contributed by atoms with Crippen molar-refractivity contribution in [2.75, 3.05) is 25.5 Å². The zero-order chi connectivity index (χ0) is 15.5. The first-order valence-electron chi connectivity index (χ1n) is 7.98. The van der Waals surface area contributed by atoms with Gasteiger partial charge in [-0.15, -0.1) is 0 Å². The van der Waals surface area contributed by atoms with Gasteiger partial charge in [-0.05, 0) is 37.2 Å². The molecule has 1 aromatic carbocycles. The van der Waals surface area contributed by atoms with Crippen molar-refractivity contribution < 1.29 is 14.6 Å². The second-order valence-electron chi connectivity index (χ2n) is 6.41. The minimum atomic E-state index is -0.188. The molecule has 5 nitrogen and oxygen atoms in total. The van der Waals surface area contributed by atoms with E-state index < -0.39 is 0 Å². The Hall–Kier alpha value is -1.59. The van der Waals surface area contributed by atoms with Crippen LogP contribution < -0.4 is 5.32 Å². The van der Waals surface area contributed by atoms with Crippen LogP contribution in [0.25, 0.3) is 0 Å². The van der Waals surface area contributed by atoms with Crippen LogP contribution >= 0.6 is 0 Å². The second-order valence-corrected chi connectivity index (χ2v) is 6.41. The number of hydrogen-bond acceptors (Lipinski definition) is 3. The monoisotopic (exact) mass is 304 g/mol. The molecule has 3 rings (SSSR count). The topological polar surface area (TPSA) is 61.8 Å². The summed E-state index contributed by atoms with van der Waals surface area (Å²) in [5, 5.41) is 12.8. The quantitative estimate of drug-likeness (QED) is 0.901. The summed E-state index contributed by atoms with van der Waals surface area (Å²) in [6.07, 6.45) is 2.53. The molecular formula is C17H24N2O3. The van der Waals surface area contributed by atoms with Gasteiger partial charge < -0.3 is 20.1 Å². The van der Waals surface area contributed by atoms with Crippen molar-refractivity contribution in [3.8, 4) is 0 Å². The fourth-order valence-corrected chi connectivity index (χ4v) is 3.69. The number of likely N-dealkylation sites (tertiary alicyclic amines) is 1. The smallest absolute Gasteiger partial charge is 0.321 e. The number of ether oxygens (including phenoxy) is 1. The van der Waals surface area contributed by atoms with Crippen LogP contribution in [0.4, 0.5) is 10.5 Å². The minimum Gasteiger partial charge on any atom is -0.393 e. The summed E-state index contributed by atoms with van der Waals surface area (Å²) in [4.78, 5) is 14.4. The summed E-state index contributed by atoms with van der Waals surface area (Å²) < 4.78 is 5.17. The SMILES string of the molecule is COCc1ccccc1NC(=O)N1C[C@H]2C[C@@H](O)CC[C@H]2C1. The van der Waals surface area contributed by atoms with E-state index in [1.807, 2.05) is 29.2 Å². The van der Waals surface area contributed by atoms with Gasteiger partial charge in [0, 0.05) is 31.5 Å². The minimum absolute atomic E-state index is 0.0487. The number of para-hydroxylation sites is 1. The Bertz CT molecular complexity index is 534. The zero-order valence-electron chi connectivity index (χ0n) is 13.0. The van der Waals surface area contributed by atoms with Gasteiger partial charge in [0.25, 0.3) is 0 Å². The molecular weight excluding hydrogens is 280 g/mol. The van der Waals surface area contributed by atoms with Gasteiger partial charge in [0.15, 0.2) is 0 Å². The molecule has 3 atom stereocenters. The van der Waals surface area contributed by atoms with Crippen LogP contribution in [-0.2, 0) is 11.3 Å². The van der Waals surface area contributed by atoms with E-state index in [0.717, 1.165) is 43.6 Å². The predicted octanol–water partition coefficient (Wildman–Crippen LogP) is 2.46. The maximum Gasteiger partial charge on any atom is 0.321 e. The Kier molecular flexibility index (Phi) is 4.64. The van der Waals surface area contributed by atoms with Crippen LogP contribution in [0.1, 0.15) is 24.8 Å². The molecule has 1 aliphatic carbocycles. The molecule has 5 heteroatoms. The normalized spacial score (nSPS) is 27.5. The highest BCUT2D eigenvalue weighted by Crippen LogP contribution is 2.36. The summed E-state index contributed by atoms with van der Waals surface area (Å²) in [5.41, 5.74) is 1.79. The molecule has 0 bridgehead atoms. The third-order valence-corrected chi connectivity index (χ3v) is 4.87. The fourth-order valence-electron chi connectivity index (χ4n) is 3.69. The number of hydrogen-bond donors (Lipinski definition) is 2. The van der Waals surface area contributed by atoms with Crippen LogP contribution in [0.15, 0.2) is 24.3 Å². The number of benzene rings is 1. The number of nitrogens with zero attached hydrogens (tertiary/aromatic N) is 1. The molecule has 120 valence electrons. The molecule has 1 saturated carbocycles. The second kappa shape index (κ2) is 6.67. The van der Waals surface area contributed by atoms with Gasteiger partial charge >= 0.3 is 6.03 Å². The van der Waals surface area contributed by atoms with Crippen LogP contribution in [-0.4, -0.2) is 42.3 Å². The number of rotatable bonds is 3. The molecule has 2 N–H and O–H groups in total. The lowest BCUT2D eigenvalue weighted by Crippen LogP contribution is -2.33. The van der Waals surface area contributed by atoms with E-state index in [1.54, 1.807) is 7.11 Å². The number of fused-ring (bicyclic) bond motifs is 1. The number of nitrogens with one attached hydrogen (secondary N) is 1. The van der Waals surface area contributed by atoms with Crippen molar-refractivity contribution in [3.63, 3.8) is 0 Å². The van der Waals surface area contributed by atoms with Crippen LogP contribution in [0, 0.1) is 11.8 Å². The van der Waals surface area contributed by atoms with Gasteiger partial charge in [-0.1, -0.05) is 18.2 Å². The summed E-state index contributed by atoms with van der Waals surface area (Å²) in [6, 6.07) is 7.66. The van der Waals surface area contributed by atoms with Crippen molar-refractivity contribution in [1.82, 2.24) is 4.90 Å². The first-order valence-corrected chi connectivity index (χ1v) is 7.98. The molecule has 1 saturated heterocycles. The van der Waals surface area contributed by atoms with Gasteiger partial charge in [-0.3, -0.25) is 0 Å². The number of amides is 2. The Morgan fingerprint density at radius 3 is 2.91 bits per heavy atom. The number of carbonyl (C=O) groups is 1. The number of aliphatic hydroxyl groups is 1. The van der Waals surface area contributed by atoms with E-state index in [0.29, 0.717) is 18.4 Å². The van der Waals surface area contributed by atoms with E-state index in [2.05, 4.69) is 5.32 Å². The average Bonchev–Trinajstić information content (AvgIpc) is 2.92. The highest BCUT2D eigenvalue weighted by Gasteiger charge is 2.39. The third kappa shape index (κ3) is 3.25. The maximum absolute atomic E-state index is 12.5. The number of urea groups is 1. The number of carbonyl (C=O) groups excluding carboxylic acids is 1. The van der Waals surface area contributed by atoms with Gasteiger partial charge in [0.1, 0.15) is 0 Å². The number of anilines is 1. The molecule has 0 spiro atoms. The lowest BCUT2D eigenvalue weighted by Gasteiger charge is -2.27. The Morgan fingerprint density at radius 1 is 1.32 bits per heavy atom. The molecule has 1 aliphatic heterocycles. The van der Waals surface area contributed by atoms with E-state index in [4.69, 9.17) is 4.74 Å². The first-order chi connectivity index (χ1) is 10.7. The summed E-state index contributed by atoms with van der Waals surface area (Å²) >= 11 is 0. The summed E-state index contributed by atoms with van der Waals surface area (Å²) in [7, 11) is 1.65. The zero-order valence-corrected chi connectivity index (χ0v) is 13.0. The van der Waals surface area contributed by atoms with Crippen molar-refractivity contribution in [3.05, 3.63) is 29.8 Å². The van der Waals surface area contributed by atoms with Gasteiger partial charge in [0.05, 0.1) is 12.7 Å². The molecule has 2 amide bonds. The Balaban J connectivity index is 1.63. The van der Waals surface area contributed by atoms with Gasteiger partial charge in [0.2, 0.25) is 0 Å². The van der Waals surface area contributed by atoms with Crippen molar-refractivity contribution in [2.45, 2.75) is 32.0 Å². The average molecular weight is 304 g/mol. The first kappa shape index (κ1) is 15.3. The molecule has 0 aromatic heterocycles. The molecule has 22 heavy (non-hydrogen) atoms. The molecule has 0 radical (unpaired) electrons. The highest BCUT2D eigenvalue weighted by molar-refractivity contribution is 5.90. The van der Waals surface area contributed by atoms with E-state index in [9.17, 15) is 9.90 Å². The van der Waals surface area contributed by atoms with Crippen LogP contribution in [0.2, 0.25) is 0 Å². The summed E-state index contributed by atoms with van der Waals surface area (Å²) in [6.45, 7) is 2.03. The van der Waals surface area contributed by atoms with Crippen LogP contribution in [0.3, 0.4) is 0 Å². The van der Waals surface area contributed by atoms with Crippen molar-refractivity contribution >= 4 is 11.7 Å². The highest BCUT2D eigenvalue weighted by atomic mass is 16.5. The molecule has 1 heterocycles. The van der Waals surface area contributed by atoms with E-state index >= 15 is 0 Å². The Labute approximate surface area is 131 Å². The predicted molar refractivity (Wildman–Crippen MR) is 84.6 cm³/mol. The molecule has 1 aromatic rings. The van der Waals surface area contributed by atoms with E-state index in [-0.39, 0.29) is 12.1 Å². The third-order valence-electron chi connectivity index (χ3n) is 4.87. The fraction of sp³-hybridized carbons (Fsp3) is 0.588. The number of methoxy groups -OCH3 is 1. The number of aliphatic hydroxyl groups excluding tert-OH is 1. The summed E-state index contributed by atoms with van der Waals surface area (Å²) in [5.74, 6) is 0.993. The van der Waals surface area contributed by atoms with Gasteiger partial charge in [-0.2, -0.15) is 0 Å². The van der Waals surface area contributed by atoms with Crippen LogP contribution in [0.5, 0.6) is 0 Å². The van der Waals surface area contributed by atoms with Gasteiger partial charge in [-0.25, -0.2) is 4.79 Å². The molecule has 2 aliphatic rings. The van der Waals surface area contributed by atoms with E-state index in [1.165, 1.54) is 0 Å². The van der Waals surface area contributed by atoms with Crippen molar-refractivity contribution in [1.29, 1.82) is 0 Å². The maximum atomic E-state index is 12.5.